The predicted molar refractivity (Wildman–Crippen MR) is 124 cm³/mol. The molecule has 0 radical (unpaired) electrons. The summed E-state index contributed by atoms with van der Waals surface area (Å²) in [7, 11) is -3.65. The molecule has 0 saturated carbocycles. The van der Waals surface area contributed by atoms with Gasteiger partial charge in [0.25, 0.3) is 10.0 Å². The minimum absolute atomic E-state index is 0.199. The number of ether oxygens (including phenoxy) is 1. The standard InChI is InChI=1S/C21H22BrN5O3S/c1-15-14-20(25-21(23-15)27-10-12-30-13-11-27)24-17-4-6-18(7-5-17)26-31(28,29)19-8-2-16(22)3-9-19/h2-9,14,26H,10-13H2,1H3,(H,23,24,25). The minimum atomic E-state index is -3.65. The molecule has 4 rings (SSSR count). The van der Waals surface area contributed by atoms with Crippen LogP contribution in [0.4, 0.5) is 23.1 Å². The summed E-state index contributed by atoms with van der Waals surface area (Å²) in [5, 5.41) is 3.26. The molecule has 162 valence electrons. The lowest BCUT2D eigenvalue weighted by Gasteiger charge is -2.27. The second-order valence-corrected chi connectivity index (χ2v) is 9.65. The molecule has 31 heavy (non-hydrogen) atoms. The van der Waals surface area contributed by atoms with Crippen LogP contribution in [0.15, 0.2) is 64.0 Å². The molecule has 10 heteroatoms. The lowest BCUT2D eigenvalue weighted by molar-refractivity contribution is 0.122. The van der Waals surface area contributed by atoms with E-state index in [0.29, 0.717) is 30.7 Å². The molecule has 3 aromatic rings. The molecule has 1 fully saturated rings. The molecule has 1 saturated heterocycles. The fraction of sp³-hybridized carbons (Fsp3) is 0.238. The van der Waals surface area contributed by atoms with Crippen LogP contribution in [0.25, 0.3) is 0 Å². The molecular weight excluding hydrogens is 482 g/mol. The number of halogens is 1. The molecule has 8 nitrogen and oxygen atoms in total. The first-order valence-electron chi connectivity index (χ1n) is 9.73. The number of rotatable bonds is 6. The molecular formula is C21H22BrN5O3S. The highest BCUT2D eigenvalue weighted by molar-refractivity contribution is 9.10. The van der Waals surface area contributed by atoms with Gasteiger partial charge in [0.05, 0.1) is 18.1 Å². The molecule has 1 aromatic heterocycles. The lowest BCUT2D eigenvalue weighted by atomic mass is 10.3. The average molecular weight is 504 g/mol. The first-order valence-corrected chi connectivity index (χ1v) is 12.0. The maximum absolute atomic E-state index is 12.5. The Kier molecular flexibility index (Phi) is 6.40. The minimum Gasteiger partial charge on any atom is -0.378 e. The van der Waals surface area contributed by atoms with Gasteiger partial charge in [0.15, 0.2) is 0 Å². The van der Waals surface area contributed by atoms with Crippen LogP contribution in [0, 0.1) is 6.92 Å². The molecule has 2 heterocycles. The van der Waals surface area contributed by atoms with E-state index < -0.39 is 10.0 Å². The Labute approximate surface area is 189 Å². The Morgan fingerprint density at radius 2 is 1.61 bits per heavy atom. The van der Waals surface area contributed by atoms with Crippen molar-refractivity contribution in [1.82, 2.24) is 9.97 Å². The number of aryl methyl sites for hydroxylation is 1. The number of hydrogen-bond donors (Lipinski definition) is 2. The average Bonchev–Trinajstić information content (AvgIpc) is 2.75. The number of hydrogen-bond acceptors (Lipinski definition) is 7. The predicted octanol–water partition coefficient (Wildman–Crippen LogP) is 3.93. The van der Waals surface area contributed by atoms with Crippen molar-refractivity contribution in [2.24, 2.45) is 0 Å². The van der Waals surface area contributed by atoms with Gasteiger partial charge in [-0.25, -0.2) is 13.4 Å². The van der Waals surface area contributed by atoms with Crippen LogP contribution >= 0.6 is 15.9 Å². The van der Waals surface area contributed by atoms with Gasteiger partial charge < -0.3 is 15.0 Å². The summed E-state index contributed by atoms with van der Waals surface area (Å²) in [6, 6.07) is 15.3. The highest BCUT2D eigenvalue weighted by Gasteiger charge is 2.16. The van der Waals surface area contributed by atoms with E-state index in [4.69, 9.17) is 4.74 Å². The van der Waals surface area contributed by atoms with Crippen LogP contribution < -0.4 is 14.9 Å². The van der Waals surface area contributed by atoms with Gasteiger partial charge in [-0.3, -0.25) is 4.72 Å². The van der Waals surface area contributed by atoms with E-state index in [0.717, 1.165) is 28.9 Å². The van der Waals surface area contributed by atoms with E-state index >= 15 is 0 Å². The Bertz CT molecular complexity index is 1150. The lowest BCUT2D eigenvalue weighted by Crippen LogP contribution is -2.37. The van der Waals surface area contributed by atoms with Crippen molar-refractivity contribution in [1.29, 1.82) is 0 Å². The van der Waals surface area contributed by atoms with Crippen LogP contribution in [-0.2, 0) is 14.8 Å². The number of anilines is 4. The van der Waals surface area contributed by atoms with Crippen molar-refractivity contribution in [2.75, 3.05) is 41.2 Å². The Morgan fingerprint density at radius 3 is 2.29 bits per heavy atom. The maximum atomic E-state index is 12.5. The first-order chi connectivity index (χ1) is 14.9. The highest BCUT2D eigenvalue weighted by atomic mass is 79.9. The molecule has 0 unspecified atom stereocenters. The van der Waals surface area contributed by atoms with Crippen molar-refractivity contribution in [3.05, 3.63) is 64.8 Å². The van der Waals surface area contributed by atoms with Crippen molar-refractivity contribution >= 4 is 49.1 Å². The van der Waals surface area contributed by atoms with Gasteiger partial charge in [-0.15, -0.1) is 0 Å². The van der Waals surface area contributed by atoms with Crippen LogP contribution in [-0.4, -0.2) is 44.7 Å². The number of sulfonamides is 1. The normalized spacial score (nSPS) is 14.3. The van der Waals surface area contributed by atoms with Crippen molar-refractivity contribution in [2.45, 2.75) is 11.8 Å². The fourth-order valence-electron chi connectivity index (χ4n) is 3.12. The zero-order valence-corrected chi connectivity index (χ0v) is 19.3. The summed E-state index contributed by atoms with van der Waals surface area (Å²) in [4.78, 5) is 11.4. The molecule has 0 atom stereocenters. The number of aromatic nitrogens is 2. The quantitative estimate of drug-likeness (QED) is 0.525. The van der Waals surface area contributed by atoms with Gasteiger partial charge in [0.1, 0.15) is 5.82 Å². The summed E-state index contributed by atoms with van der Waals surface area (Å²) < 4.78 is 33.9. The Morgan fingerprint density at radius 1 is 0.968 bits per heavy atom. The zero-order valence-electron chi connectivity index (χ0n) is 16.9. The molecule has 0 spiro atoms. The van der Waals surface area contributed by atoms with Crippen LogP contribution in [0.5, 0.6) is 0 Å². The van der Waals surface area contributed by atoms with Crippen LogP contribution in [0.2, 0.25) is 0 Å². The number of nitrogens with zero attached hydrogens (tertiary/aromatic N) is 3. The third kappa shape index (κ3) is 5.52. The van der Waals surface area contributed by atoms with Gasteiger partial charge in [0, 0.05) is 40.7 Å². The summed E-state index contributed by atoms with van der Waals surface area (Å²) in [5.74, 6) is 1.35. The van der Waals surface area contributed by atoms with Gasteiger partial charge in [-0.1, -0.05) is 15.9 Å². The molecule has 0 amide bonds. The monoisotopic (exact) mass is 503 g/mol. The number of morpholine rings is 1. The molecule has 0 bridgehead atoms. The van der Waals surface area contributed by atoms with Crippen LogP contribution in [0.1, 0.15) is 5.69 Å². The maximum Gasteiger partial charge on any atom is 0.261 e. The summed E-state index contributed by atoms with van der Waals surface area (Å²) >= 11 is 3.31. The van der Waals surface area contributed by atoms with Crippen molar-refractivity contribution in [3.8, 4) is 0 Å². The van der Waals surface area contributed by atoms with E-state index in [1.54, 1.807) is 48.5 Å². The van der Waals surface area contributed by atoms with E-state index in [9.17, 15) is 8.42 Å². The molecule has 0 aliphatic carbocycles. The highest BCUT2D eigenvalue weighted by Crippen LogP contribution is 2.23. The SMILES string of the molecule is Cc1cc(Nc2ccc(NS(=O)(=O)c3ccc(Br)cc3)cc2)nc(N2CCOCC2)n1. The number of benzene rings is 2. The largest absolute Gasteiger partial charge is 0.378 e. The van der Waals surface area contributed by atoms with Gasteiger partial charge >= 0.3 is 0 Å². The Hall–Kier alpha value is -2.69. The van der Waals surface area contributed by atoms with E-state index in [1.807, 2.05) is 13.0 Å². The second kappa shape index (κ2) is 9.21. The van der Waals surface area contributed by atoms with Crippen molar-refractivity contribution in [3.63, 3.8) is 0 Å². The van der Waals surface area contributed by atoms with Gasteiger partial charge in [-0.05, 0) is 55.5 Å². The van der Waals surface area contributed by atoms with E-state index in [-0.39, 0.29) is 4.90 Å². The summed E-state index contributed by atoms with van der Waals surface area (Å²) in [6.07, 6.45) is 0. The molecule has 1 aliphatic heterocycles. The Balaban J connectivity index is 1.46. The van der Waals surface area contributed by atoms with Crippen LogP contribution in [0.3, 0.4) is 0 Å². The van der Waals surface area contributed by atoms with Crippen molar-refractivity contribution < 1.29 is 13.2 Å². The first kappa shape index (κ1) is 21.5. The number of nitrogens with one attached hydrogen (secondary N) is 2. The molecule has 1 aliphatic rings. The third-order valence-electron chi connectivity index (χ3n) is 4.67. The van der Waals surface area contributed by atoms with E-state index in [1.165, 1.54) is 0 Å². The molecule has 2 aromatic carbocycles. The molecule has 2 N–H and O–H groups in total. The summed E-state index contributed by atoms with van der Waals surface area (Å²) in [5.41, 5.74) is 2.12. The zero-order chi connectivity index (χ0) is 21.8. The fourth-order valence-corrected chi connectivity index (χ4v) is 4.44. The summed E-state index contributed by atoms with van der Waals surface area (Å²) in [6.45, 7) is 4.78. The van der Waals surface area contributed by atoms with Gasteiger partial charge in [-0.2, -0.15) is 4.98 Å². The third-order valence-corrected chi connectivity index (χ3v) is 6.60. The van der Waals surface area contributed by atoms with Gasteiger partial charge in [0.2, 0.25) is 5.95 Å². The smallest absolute Gasteiger partial charge is 0.261 e. The topological polar surface area (TPSA) is 96.5 Å². The second-order valence-electron chi connectivity index (χ2n) is 7.06. The van der Waals surface area contributed by atoms with E-state index in [2.05, 4.69) is 40.8 Å².